The first-order valence-corrected chi connectivity index (χ1v) is 12.3. The molecule has 0 aliphatic carbocycles. The van der Waals surface area contributed by atoms with Gasteiger partial charge in [-0.15, -0.1) is 11.3 Å². The first-order chi connectivity index (χ1) is 16.6. The average Bonchev–Trinajstić information content (AvgIpc) is 3.49. The molecule has 7 rings (SSSR count). The van der Waals surface area contributed by atoms with Gasteiger partial charge >= 0.3 is 0 Å². The predicted octanol–water partition coefficient (Wildman–Crippen LogP) is 9.41. The van der Waals surface area contributed by atoms with Gasteiger partial charge in [0.05, 0.1) is 0 Å². The number of para-hydroxylation sites is 3. The molecule has 3 heterocycles. The number of thiophene rings is 1. The largest absolute Gasteiger partial charge is 0.457 e. The number of hydrogen-bond acceptors (Lipinski definition) is 3. The highest BCUT2D eigenvalue weighted by Gasteiger charge is 2.34. The lowest BCUT2D eigenvalue weighted by atomic mass is 9.75. The third-order valence-corrected chi connectivity index (χ3v) is 8.16. The SMILES string of the molecule is CC1(C)c2ccccc2Oc2cc(-c3ccc(-c4cccc5c4oc4ccccc45)s3)ccc21. The molecule has 2 aromatic heterocycles. The van der Waals surface area contributed by atoms with Crippen LogP contribution in [0.1, 0.15) is 25.0 Å². The van der Waals surface area contributed by atoms with Crippen LogP contribution in [0.4, 0.5) is 0 Å². The summed E-state index contributed by atoms with van der Waals surface area (Å²) in [5.41, 5.74) is 6.53. The van der Waals surface area contributed by atoms with Crippen molar-refractivity contribution in [1.82, 2.24) is 0 Å². The van der Waals surface area contributed by atoms with Crippen molar-refractivity contribution in [3.63, 3.8) is 0 Å². The van der Waals surface area contributed by atoms with Crippen LogP contribution in [0.25, 0.3) is 42.8 Å². The molecular formula is C31H22O2S. The molecule has 164 valence electrons. The van der Waals surface area contributed by atoms with E-state index in [4.69, 9.17) is 9.15 Å². The van der Waals surface area contributed by atoms with Crippen molar-refractivity contribution in [3.8, 4) is 32.4 Å². The van der Waals surface area contributed by atoms with Crippen molar-refractivity contribution in [2.45, 2.75) is 19.3 Å². The normalized spacial score (nSPS) is 14.1. The van der Waals surface area contributed by atoms with Crippen LogP contribution < -0.4 is 4.74 Å². The molecule has 3 heteroatoms. The molecule has 0 spiro atoms. The van der Waals surface area contributed by atoms with E-state index in [1.54, 1.807) is 11.3 Å². The second-order valence-corrected chi connectivity index (χ2v) is 10.5. The van der Waals surface area contributed by atoms with Gasteiger partial charge in [-0.25, -0.2) is 0 Å². The highest BCUT2D eigenvalue weighted by molar-refractivity contribution is 7.18. The van der Waals surface area contributed by atoms with Crippen molar-refractivity contribution in [3.05, 3.63) is 108 Å². The van der Waals surface area contributed by atoms with Gasteiger partial charge in [0, 0.05) is 42.6 Å². The minimum absolute atomic E-state index is 0.0970. The highest BCUT2D eigenvalue weighted by Crippen LogP contribution is 2.49. The number of benzene rings is 4. The van der Waals surface area contributed by atoms with Gasteiger partial charge in [0.1, 0.15) is 22.7 Å². The number of furan rings is 1. The van der Waals surface area contributed by atoms with Crippen LogP contribution in [-0.4, -0.2) is 0 Å². The Balaban J connectivity index is 1.31. The van der Waals surface area contributed by atoms with E-state index in [9.17, 15) is 0 Å². The Morgan fingerprint density at radius 2 is 1.41 bits per heavy atom. The fourth-order valence-corrected chi connectivity index (χ4v) is 6.22. The Morgan fingerprint density at radius 1 is 0.647 bits per heavy atom. The quantitative estimate of drug-likeness (QED) is 0.258. The molecule has 0 fully saturated rings. The van der Waals surface area contributed by atoms with E-state index in [1.807, 2.05) is 18.2 Å². The molecule has 34 heavy (non-hydrogen) atoms. The van der Waals surface area contributed by atoms with Crippen molar-refractivity contribution >= 4 is 33.3 Å². The van der Waals surface area contributed by atoms with Crippen molar-refractivity contribution < 1.29 is 9.15 Å². The summed E-state index contributed by atoms with van der Waals surface area (Å²) in [4.78, 5) is 2.41. The van der Waals surface area contributed by atoms with E-state index in [0.29, 0.717) is 0 Å². The third-order valence-electron chi connectivity index (χ3n) is 7.00. The number of rotatable bonds is 2. The summed E-state index contributed by atoms with van der Waals surface area (Å²) in [5, 5.41) is 2.32. The lowest BCUT2D eigenvalue weighted by Gasteiger charge is -2.34. The fourth-order valence-electron chi connectivity index (χ4n) is 5.19. The summed E-state index contributed by atoms with van der Waals surface area (Å²) in [5.74, 6) is 1.89. The van der Waals surface area contributed by atoms with E-state index in [0.717, 1.165) is 39.0 Å². The zero-order valence-corrected chi connectivity index (χ0v) is 19.8. The average molecular weight is 459 g/mol. The Bertz CT molecular complexity index is 1720. The van der Waals surface area contributed by atoms with E-state index in [-0.39, 0.29) is 5.41 Å². The van der Waals surface area contributed by atoms with Gasteiger partial charge in [0.15, 0.2) is 0 Å². The van der Waals surface area contributed by atoms with Crippen molar-refractivity contribution in [2.75, 3.05) is 0 Å². The molecule has 0 saturated heterocycles. The summed E-state index contributed by atoms with van der Waals surface area (Å²) in [7, 11) is 0. The zero-order chi connectivity index (χ0) is 22.9. The van der Waals surface area contributed by atoms with Crippen molar-refractivity contribution in [2.24, 2.45) is 0 Å². The molecule has 0 atom stereocenters. The highest BCUT2D eigenvalue weighted by atomic mass is 32.1. The van der Waals surface area contributed by atoms with E-state index in [2.05, 4.69) is 92.7 Å². The molecule has 1 aliphatic heterocycles. The molecule has 6 aromatic rings. The second-order valence-electron chi connectivity index (χ2n) is 9.38. The van der Waals surface area contributed by atoms with E-state index in [1.165, 1.54) is 26.4 Å². The van der Waals surface area contributed by atoms with Gasteiger partial charge < -0.3 is 9.15 Å². The number of ether oxygens (including phenoxy) is 1. The number of fused-ring (bicyclic) bond motifs is 5. The van der Waals surface area contributed by atoms with Crippen LogP contribution >= 0.6 is 11.3 Å². The van der Waals surface area contributed by atoms with Crippen LogP contribution in [0.15, 0.2) is 101 Å². The minimum atomic E-state index is -0.0970. The molecule has 0 saturated carbocycles. The summed E-state index contributed by atoms with van der Waals surface area (Å²) in [6, 6.07) is 34.0. The summed E-state index contributed by atoms with van der Waals surface area (Å²) in [6.45, 7) is 4.54. The standard InChI is InChI=1S/C31H22O2S/c1-31(2)23-11-4-6-13-26(23)32-27-18-19(14-15-24(27)31)28-16-17-29(34-28)22-10-7-9-21-20-8-3-5-12-25(20)33-30(21)22/h3-18H,1-2H3. The first-order valence-electron chi connectivity index (χ1n) is 11.5. The van der Waals surface area contributed by atoms with Gasteiger partial charge in [-0.1, -0.05) is 74.5 Å². The smallest absolute Gasteiger partial charge is 0.144 e. The Kier molecular flexibility index (Phi) is 4.09. The Labute approximate surface area is 202 Å². The van der Waals surface area contributed by atoms with Crippen LogP contribution in [0.3, 0.4) is 0 Å². The lowest BCUT2D eigenvalue weighted by molar-refractivity contribution is 0.418. The molecule has 0 radical (unpaired) electrons. The molecule has 4 aromatic carbocycles. The Hall–Kier alpha value is -3.82. The first kappa shape index (κ1) is 19.6. The lowest BCUT2D eigenvalue weighted by Crippen LogP contribution is -2.24. The van der Waals surface area contributed by atoms with E-state index < -0.39 is 0 Å². The minimum Gasteiger partial charge on any atom is -0.457 e. The van der Waals surface area contributed by atoms with Crippen LogP contribution in [-0.2, 0) is 5.41 Å². The van der Waals surface area contributed by atoms with Crippen LogP contribution in [0, 0.1) is 0 Å². The van der Waals surface area contributed by atoms with Crippen LogP contribution in [0.2, 0.25) is 0 Å². The molecule has 2 nitrogen and oxygen atoms in total. The Morgan fingerprint density at radius 3 is 2.35 bits per heavy atom. The predicted molar refractivity (Wildman–Crippen MR) is 141 cm³/mol. The van der Waals surface area contributed by atoms with Gasteiger partial charge in [0.2, 0.25) is 0 Å². The summed E-state index contributed by atoms with van der Waals surface area (Å²) in [6.07, 6.45) is 0. The van der Waals surface area contributed by atoms with Crippen LogP contribution in [0.5, 0.6) is 11.5 Å². The summed E-state index contributed by atoms with van der Waals surface area (Å²) >= 11 is 1.78. The maximum Gasteiger partial charge on any atom is 0.144 e. The monoisotopic (exact) mass is 458 g/mol. The molecule has 0 unspecified atom stereocenters. The molecule has 0 amide bonds. The summed E-state index contributed by atoms with van der Waals surface area (Å²) < 4.78 is 12.6. The molecule has 0 N–H and O–H groups in total. The van der Waals surface area contributed by atoms with Gasteiger partial charge in [-0.05, 0) is 42.0 Å². The second kappa shape index (κ2) is 7.09. The topological polar surface area (TPSA) is 22.4 Å². The van der Waals surface area contributed by atoms with Gasteiger partial charge in [0.25, 0.3) is 0 Å². The molecule has 1 aliphatic rings. The number of hydrogen-bond donors (Lipinski definition) is 0. The fraction of sp³-hybridized carbons (Fsp3) is 0.0968. The third kappa shape index (κ3) is 2.80. The molecule has 0 bridgehead atoms. The van der Waals surface area contributed by atoms with E-state index >= 15 is 0 Å². The molecular weight excluding hydrogens is 436 g/mol. The van der Waals surface area contributed by atoms with Crippen molar-refractivity contribution in [1.29, 1.82) is 0 Å². The zero-order valence-electron chi connectivity index (χ0n) is 19.0. The maximum absolute atomic E-state index is 6.35. The van der Waals surface area contributed by atoms with Gasteiger partial charge in [-0.3, -0.25) is 0 Å². The van der Waals surface area contributed by atoms with Gasteiger partial charge in [-0.2, -0.15) is 0 Å². The maximum atomic E-state index is 6.35.